The molecule has 4 nitrogen and oxygen atoms in total. The standard InChI is InChI=1S/C21H25ClFN3O/c22-18-6-10-20(11-7-18)24-21(27)26-15-13-25(14-16-26)12-2-1-3-17-4-8-19(23)9-5-17/h4-11H,1-3,12-16H2,(H,24,27). The first kappa shape index (κ1) is 19.6. The summed E-state index contributed by atoms with van der Waals surface area (Å²) in [5, 5.41) is 3.56. The lowest BCUT2D eigenvalue weighted by Gasteiger charge is -2.34. The van der Waals surface area contributed by atoms with Crippen LogP contribution in [0.15, 0.2) is 48.5 Å². The first-order chi connectivity index (χ1) is 13.1. The number of rotatable bonds is 6. The number of aryl methyl sites for hydroxylation is 1. The number of unbranched alkanes of at least 4 members (excludes halogenated alkanes) is 1. The number of nitrogens with zero attached hydrogens (tertiary/aromatic N) is 2. The van der Waals surface area contributed by atoms with Gasteiger partial charge in [0, 0.05) is 36.9 Å². The molecule has 1 N–H and O–H groups in total. The molecule has 2 aromatic rings. The Hall–Kier alpha value is -2.11. The molecule has 1 saturated heterocycles. The predicted octanol–water partition coefficient (Wildman–Crippen LogP) is 4.65. The number of carbonyl (C=O) groups is 1. The second kappa shape index (κ2) is 9.72. The van der Waals surface area contributed by atoms with Crippen molar-refractivity contribution in [1.82, 2.24) is 9.80 Å². The van der Waals surface area contributed by atoms with Gasteiger partial charge in [-0.3, -0.25) is 4.90 Å². The van der Waals surface area contributed by atoms with Crippen molar-refractivity contribution >= 4 is 23.3 Å². The molecule has 0 aromatic heterocycles. The van der Waals surface area contributed by atoms with Crippen molar-refractivity contribution in [2.24, 2.45) is 0 Å². The van der Waals surface area contributed by atoms with E-state index in [9.17, 15) is 9.18 Å². The average molecular weight is 390 g/mol. The summed E-state index contributed by atoms with van der Waals surface area (Å²) in [4.78, 5) is 16.6. The van der Waals surface area contributed by atoms with E-state index in [2.05, 4.69) is 10.2 Å². The number of halogens is 2. The molecule has 1 aliphatic heterocycles. The van der Waals surface area contributed by atoms with Crippen LogP contribution in [-0.2, 0) is 6.42 Å². The number of hydrogen-bond acceptors (Lipinski definition) is 2. The van der Waals surface area contributed by atoms with Gasteiger partial charge in [0.05, 0.1) is 0 Å². The summed E-state index contributed by atoms with van der Waals surface area (Å²) in [5.74, 6) is -0.184. The summed E-state index contributed by atoms with van der Waals surface area (Å²) in [6.07, 6.45) is 3.17. The van der Waals surface area contributed by atoms with Gasteiger partial charge in [0.2, 0.25) is 0 Å². The Kier molecular flexibility index (Phi) is 7.07. The molecule has 0 bridgehead atoms. The van der Waals surface area contributed by atoms with Crippen LogP contribution in [-0.4, -0.2) is 48.6 Å². The van der Waals surface area contributed by atoms with Crippen molar-refractivity contribution in [3.8, 4) is 0 Å². The highest BCUT2D eigenvalue weighted by Gasteiger charge is 2.20. The Morgan fingerprint density at radius 2 is 1.63 bits per heavy atom. The maximum Gasteiger partial charge on any atom is 0.321 e. The lowest BCUT2D eigenvalue weighted by atomic mass is 10.1. The molecule has 2 aromatic carbocycles. The van der Waals surface area contributed by atoms with E-state index in [1.807, 2.05) is 17.0 Å². The summed E-state index contributed by atoms with van der Waals surface area (Å²) < 4.78 is 12.9. The first-order valence-electron chi connectivity index (χ1n) is 9.38. The van der Waals surface area contributed by atoms with E-state index in [1.54, 1.807) is 24.3 Å². The normalized spacial score (nSPS) is 15.0. The third kappa shape index (κ3) is 6.22. The van der Waals surface area contributed by atoms with Crippen molar-refractivity contribution < 1.29 is 9.18 Å². The predicted molar refractivity (Wildman–Crippen MR) is 108 cm³/mol. The maximum absolute atomic E-state index is 12.9. The molecule has 1 aliphatic rings. The largest absolute Gasteiger partial charge is 0.322 e. The Labute approximate surface area is 164 Å². The molecular formula is C21H25ClFN3O. The van der Waals surface area contributed by atoms with Crippen molar-refractivity contribution in [2.75, 3.05) is 38.0 Å². The average Bonchev–Trinajstić information content (AvgIpc) is 2.69. The molecule has 6 heteroatoms. The Balaban J connectivity index is 1.33. The Morgan fingerprint density at radius 1 is 0.963 bits per heavy atom. The van der Waals surface area contributed by atoms with Gasteiger partial charge in [-0.25, -0.2) is 9.18 Å². The smallest absolute Gasteiger partial charge is 0.321 e. The van der Waals surface area contributed by atoms with Gasteiger partial charge in [-0.15, -0.1) is 0 Å². The van der Waals surface area contributed by atoms with Crippen molar-refractivity contribution in [3.63, 3.8) is 0 Å². The maximum atomic E-state index is 12.9. The monoisotopic (exact) mass is 389 g/mol. The van der Waals surface area contributed by atoms with Crippen LogP contribution in [0.3, 0.4) is 0 Å². The zero-order chi connectivity index (χ0) is 19.1. The van der Waals surface area contributed by atoms with Crippen molar-refractivity contribution in [1.29, 1.82) is 0 Å². The van der Waals surface area contributed by atoms with E-state index in [1.165, 1.54) is 17.7 Å². The third-order valence-corrected chi connectivity index (χ3v) is 5.11. The highest BCUT2D eigenvalue weighted by Crippen LogP contribution is 2.15. The van der Waals surface area contributed by atoms with Gasteiger partial charge in [0.1, 0.15) is 5.82 Å². The minimum absolute atomic E-state index is 0.0618. The van der Waals surface area contributed by atoms with Crippen LogP contribution in [0.25, 0.3) is 0 Å². The quantitative estimate of drug-likeness (QED) is 0.730. The molecule has 3 rings (SSSR count). The molecule has 0 atom stereocenters. The van der Waals surface area contributed by atoms with E-state index in [-0.39, 0.29) is 11.8 Å². The van der Waals surface area contributed by atoms with Gasteiger partial charge in [0.15, 0.2) is 0 Å². The van der Waals surface area contributed by atoms with Crippen LogP contribution in [0.4, 0.5) is 14.9 Å². The molecule has 0 aliphatic carbocycles. The number of urea groups is 1. The molecule has 0 radical (unpaired) electrons. The lowest BCUT2D eigenvalue weighted by molar-refractivity contribution is 0.146. The zero-order valence-electron chi connectivity index (χ0n) is 15.3. The highest BCUT2D eigenvalue weighted by atomic mass is 35.5. The van der Waals surface area contributed by atoms with Crippen LogP contribution >= 0.6 is 11.6 Å². The van der Waals surface area contributed by atoms with E-state index in [0.717, 1.165) is 57.7 Å². The molecule has 0 spiro atoms. The zero-order valence-corrected chi connectivity index (χ0v) is 16.1. The fourth-order valence-electron chi connectivity index (χ4n) is 3.23. The number of nitrogens with one attached hydrogen (secondary N) is 1. The van der Waals surface area contributed by atoms with E-state index in [0.29, 0.717) is 5.02 Å². The summed E-state index contributed by atoms with van der Waals surface area (Å²) in [7, 11) is 0. The Bertz CT molecular complexity index is 728. The van der Waals surface area contributed by atoms with Crippen LogP contribution < -0.4 is 5.32 Å². The molecule has 2 amide bonds. The second-order valence-corrected chi connectivity index (χ2v) is 7.29. The van der Waals surface area contributed by atoms with Gasteiger partial charge in [-0.2, -0.15) is 0 Å². The van der Waals surface area contributed by atoms with Gasteiger partial charge in [-0.1, -0.05) is 23.7 Å². The minimum Gasteiger partial charge on any atom is -0.322 e. The molecule has 27 heavy (non-hydrogen) atoms. The van der Waals surface area contributed by atoms with Crippen LogP contribution in [0.2, 0.25) is 5.02 Å². The van der Waals surface area contributed by atoms with Crippen molar-refractivity contribution in [3.05, 3.63) is 64.9 Å². The van der Waals surface area contributed by atoms with Crippen molar-refractivity contribution in [2.45, 2.75) is 19.3 Å². The summed E-state index contributed by atoms with van der Waals surface area (Å²) >= 11 is 5.86. The number of anilines is 1. The number of benzene rings is 2. The highest BCUT2D eigenvalue weighted by molar-refractivity contribution is 6.30. The lowest BCUT2D eigenvalue weighted by Crippen LogP contribution is -2.50. The third-order valence-electron chi connectivity index (χ3n) is 4.86. The van der Waals surface area contributed by atoms with Gasteiger partial charge < -0.3 is 10.2 Å². The van der Waals surface area contributed by atoms with Crippen LogP contribution in [0.1, 0.15) is 18.4 Å². The second-order valence-electron chi connectivity index (χ2n) is 6.85. The number of piperazine rings is 1. The molecule has 1 fully saturated rings. The van der Waals surface area contributed by atoms with E-state index in [4.69, 9.17) is 11.6 Å². The fourth-order valence-corrected chi connectivity index (χ4v) is 3.35. The van der Waals surface area contributed by atoms with E-state index >= 15 is 0 Å². The topological polar surface area (TPSA) is 35.6 Å². The number of hydrogen-bond donors (Lipinski definition) is 1. The molecule has 1 heterocycles. The molecule has 144 valence electrons. The van der Waals surface area contributed by atoms with Crippen LogP contribution in [0, 0.1) is 5.82 Å². The van der Waals surface area contributed by atoms with Crippen LogP contribution in [0.5, 0.6) is 0 Å². The molecule has 0 unspecified atom stereocenters. The molecule has 0 saturated carbocycles. The van der Waals surface area contributed by atoms with Gasteiger partial charge in [0.25, 0.3) is 0 Å². The first-order valence-corrected chi connectivity index (χ1v) is 9.76. The van der Waals surface area contributed by atoms with Gasteiger partial charge >= 0.3 is 6.03 Å². The van der Waals surface area contributed by atoms with E-state index < -0.39 is 0 Å². The molecular weight excluding hydrogens is 365 g/mol. The Morgan fingerprint density at radius 3 is 2.30 bits per heavy atom. The summed E-state index contributed by atoms with van der Waals surface area (Å²) in [6.45, 7) is 4.29. The summed E-state index contributed by atoms with van der Waals surface area (Å²) in [5.41, 5.74) is 1.94. The minimum atomic E-state index is -0.184. The number of amides is 2. The van der Waals surface area contributed by atoms with Gasteiger partial charge in [-0.05, 0) is 67.8 Å². The SMILES string of the molecule is O=C(Nc1ccc(Cl)cc1)N1CCN(CCCCc2ccc(F)cc2)CC1. The fraction of sp³-hybridized carbons (Fsp3) is 0.381. The number of carbonyl (C=O) groups excluding carboxylic acids is 1. The summed E-state index contributed by atoms with van der Waals surface area (Å²) in [6, 6.07) is 13.8.